The molecule has 0 fully saturated rings. The third-order valence-electron chi connectivity index (χ3n) is 3.41. The summed E-state index contributed by atoms with van der Waals surface area (Å²) in [7, 11) is 0. The van der Waals surface area contributed by atoms with Gasteiger partial charge < -0.3 is 11.1 Å². The van der Waals surface area contributed by atoms with Crippen molar-refractivity contribution in [3.8, 4) is 0 Å². The van der Waals surface area contributed by atoms with E-state index in [9.17, 15) is 4.79 Å². The van der Waals surface area contributed by atoms with E-state index < -0.39 is 5.54 Å². The molecule has 0 heterocycles. The summed E-state index contributed by atoms with van der Waals surface area (Å²) >= 11 is 0. The standard InChI is InChI=1S/C17H20N2O/c1-17(19-16(20)13-18,15-10-6-3-7-11-15)12-14-8-4-2-5-9-14/h2-11H,12-13,18H2,1H3,(H,19,20)/i17+2. The maximum absolute atomic E-state index is 11.8. The molecule has 1 amide bonds. The van der Waals surface area contributed by atoms with Crippen molar-refractivity contribution >= 4 is 5.91 Å². The van der Waals surface area contributed by atoms with Crippen LogP contribution in [0.5, 0.6) is 0 Å². The average Bonchev–Trinajstić information content (AvgIpc) is 2.49. The van der Waals surface area contributed by atoms with Crippen LogP contribution in [0.1, 0.15) is 18.1 Å². The van der Waals surface area contributed by atoms with Crippen molar-refractivity contribution < 1.29 is 4.79 Å². The number of hydrogen-bond donors (Lipinski definition) is 2. The second-order valence-corrected chi connectivity index (χ2v) is 5.11. The molecule has 0 saturated carbocycles. The Kier molecular flexibility index (Phi) is 4.53. The van der Waals surface area contributed by atoms with E-state index in [4.69, 9.17) is 5.73 Å². The molecule has 0 radical (unpaired) electrons. The highest BCUT2D eigenvalue weighted by Crippen LogP contribution is 2.25. The van der Waals surface area contributed by atoms with Crippen LogP contribution in [0.25, 0.3) is 0 Å². The van der Waals surface area contributed by atoms with Gasteiger partial charge in [0.2, 0.25) is 5.91 Å². The minimum atomic E-state index is -0.459. The number of carbonyl (C=O) groups excluding carboxylic acids is 1. The van der Waals surface area contributed by atoms with Gasteiger partial charge in [-0.3, -0.25) is 4.79 Å². The molecular weight excluding hydrogens is 250 g/mol. The molecule has 3 heteroatoms. The van der Waals surface area contributed by atoms with Crippen LogP contribution in [-0.2, 0) is 16.8 Å². The molecule has 0 saturated heterocycles. The van der Waals surface area contributed by atoms with Crippen LogP contribution < -0.4 is 11.1 Å². The summed E-state index contributed by atoms with van der Waals surface area (Å²) in [6.07, 6.45) is 0.726. The molecule has 2 aromatic rings. The Morgan fingerprint density at radius 3 is 2.15 bits per heavy atom. The summed E-state index contributed by atoms with van der Waals surface area (Å²) in [6.45, 7) is 2.03. The van der Waals surface area contributed by atoms with Gasteiger partial charge in [-0.15, -0.1) is 0 Å². The van der Waals surface area contributed by atoms with Crippen molar-refractivity contribution in [2.45, 2.75) is 18.9 Å². The third kappa shape index (κ3) is 3.45. The number of nitrogens with two attached hydrogens (primary N) is 1. The molecule has 1 unspecified atom stereocenters. The molecule has 2 aromatic carbocycles. The largest absolute Gasteiger partial charge is 0.345 e. The minimum Gasteiger partial charge on any atom is -0.345 e. The predicted molar refractivity (Wildman–Crippen MR) is 81.1 cm³/mol. The number of nitrogens with one attached hydrogen (secondary N) is 1. The second kappa shape index (κ2) is 6.35. The van der Waals surface area contributed by atoms with Gasteiger partial charge in [-0.1, -0.05) is 60.7 Å². The topological polar surface area (TPSA) is 55.1 Å². The second-order valence-electron chi connectivity index (χ2n) is 5.11. The molecule has 0 spiro atoms. The maximum Gasteiger partial charge on any atom is 0.234 e. The van der Waals surface area contributed by atoms with Crippen molar-refractivity contribution in [2.75, 3.05) is 6.54 Å². The molecule has 0 aromatic heterocycles. The van der Waals surface area contributed by atoms with E-state index in [1.165, 1.54) is 5.56 Å². The summed E-state index contributed by atoms with van der Waals surface area (Å²) in [5, 5.41) is 3.04. The van der Waals surface area contributed by atoms with Crippen molar-refractivity contribution in [3.05, 3.63) is 71.8 Å². The minimum absolute atomic E-state index is 0.00276. The van der Waals surface area contributed by atoms with Gasteiger partial charge in [-0.25, -0.2) is 0 Å². The van der Waals surface area contributed by atoms with Gasteiger partial charge >= 0.3 is 0 Å². The van der Waals surface area contributed by atoms with Crippen LogP contribution in [0.4, 0.5) is 0 Å². The molecular formula is C17H20N2O. The Labute approximate surface area is 119 Å². The molecule has 1 atom stereocenters. The van der Waals surface area contributed by atoms with E-state index in [1.54, 1.807) is 0 Å². The molecule has 0 bridgehead atoms. The Morgan fingerprint density at radius 1 is 1.05 bits per heavy atom. The first-order valence-electron chi connectivity index (χ1n) is 6.74. The first kappa shape index (κ1) is 14.3. The smallest absolute Gasteiger partial charge is 0.234 e. The average molecular weight is 270 g/mol. The van der Waals surface area contributed by atoms with Crippen molar-refractivity contribution in [2.24, 2.45) is 5.73 Å². The third-order valence-corrected chi connectivity index (χ3v) is 3.41. The number of benzene rings is 2. The first-order valence-corrected chi connectivity index (χ1v) is 6.74. The highest BCUT2D eigenvalue weighted by atomic mass is 16.2. The van der Waals surface area contributed by atoms with Gasteiger partial charge in [-0.2, -0.15) is 0 Å². The van der Waals surface area contributed by atoms with Crippen LogP contribution >= 0.6 is 0 Å². The van der Waals surface area contributed by atoms with Crippen molar-refractivity contribution in [1.29, 1.82) is 0 Å². The number of rotatable bonds is 5. The summed E-state index contributed by atoms with van der Waals surface area (Å²) < 4.78 is 0. The molecule has 0 aliphatic carbocycles. The Hall–Kier alpha value is -2.13. The van der Waals surface area contributed by atoms with Gasteiger partial charge in [0.15, 0.2) is 0 Å². The molecule has 0 aliphatic heterocycles. The highest BCUT2D eigenvalue weighted by molar-refractivity contribution is 5.78. The highest BCUT2D eigenvalue weighted by Gasteiger charge is 2.28. The van der Waals surface area contributed by atoms with Gasteiger partial charge in [-0.05, 0) is 24.5 Å². The van der Waals surface area contributed by atoms with Gasteiger partial charge in [0.1, 0.15) is 0 Å². The normalized spacial score (nSPS) is 13.5. The fraction of sp³-hybridized carbons (Fsp3) is 0.235. The fourth-order valence-electron chi connectivity index (χ4n) is 2.39. The van der Waals surface area contributed by atoms with Gasteiger partial charge in [0.05, 0.1) is 12.1 Å². The van der Waals surface area contributed by atoms with Crippen LogP contribution in [0, 0.1) is 0 Å². The lowest BCUT2D eigenvalue weighted by molar-refractivity contribution is -0.121. The van der Waals surface area contributed by atoms with E-state index in [0.717, 1.165) is 12.0 Å². The number of hydrogen-bond acceptors (Lipinski definition) is 2. The van der Waals surface area contributed by atoms with E-state index >= 15 is 0 Å². The van der Waals surface area contributed by atoms with Crippen LogP contribution in [-0.4, -0.2) is 12.5 Å². The number of carbonyl (C=O) groups is 1. The summed E-state index contributed by atoms with van der Waals surface area (Å²) in [6, 6.07) is 20.1. The van der Waals surface area contributed by atoms with Gasteiger partial charge in [0.25, 0.3) is 0 Å². The zero-order valence-corrected chi connectivity index (χ0v) is 11.7. The van der Waals surface area contributed by atoms with Crippen molar-refractivity contribution in [3.63, 3.8) is 0 Å². The Morgan fingerprint density at radius 2 is 1.60 bits per heavy atom. The summed E-state index contributed by atoms with van der Waals surface area (Å²) in [5.74, 6) is -0.146. The lowest BCUT2D eigenvalue weighted by atomic mass is 10.2. The Balaban J connectivity index is 2.31. The first-order chi connectivity index (χ1) is 9.64. The molecule has 0 aliphatic rings. The van der Waals surface area contributed by atoms with Crippen molar-refractivity contribution in [1.82, 2.24) is 5.32 Å². The SMILES string of the molecule is C[14C](Cc1ccccc1)(NC(=O)CN)c1ccccc1. The van der Waals surface area contributed by atoms with Crippen LogP contribution in [0.15, 0.2) is 60.7 Å². The van der Waals surface area contributed by atoms with E-state index in [-0.39, 0.29) is 12.5 Å². The van der Waals surface area contributed by atoms with E-state index in [1.807, 2.05) is 55.5 Å². The zero-order valence-electron chi connectivity index (χ0n) is 11.7. The zero-order chi connectivity index (χ0) is 14.4. The molecule has 2 rings (SSSR count). The molecule has 3 nitrogen and oxygen atoms in total. The number of amides is 1. The van der Waals surface area contributed by atoms with Gasteiger partial charge in [0, 0.05) is 0 Å². The quantitative estimate of drug-likeness (QED) is 0.875. The van der Waals surface area contributed by atoms with E-state index in [0.29, 0.717) is 0 Å². The maximum atomic E-state index is 11.8. The summed E-state index contributed by atoms with van der Waals surface area (Å²) in [5.41, 5.74) is 7.23. The molecule has 20 heavy (non-hydrogen) atoms. The summed E-state index contributed by atoms with van der Waals surface area (Å²) in [4.78, 5) is 11.8. The van der Waals surface area contributed by atoms with E-state index in [2.05, 4.69) is 17.4 Å². The van der Waals surface area contributed by atoms with Crippen LogP contribution in [0.2, 0.25) is 0 Å². The fourth-order valence-corrected chi connectivity index (χ4v) is 2.39. The lowest BCUT2D eigenvalue weighted by Gasteiger charge is -2.31. The van der Waals surface area contributed by atoms with Crippen LogP contribution in [0.3, 0.4) is 0 Å². The Bertz CT molecular complexity index is 554. The lowest BCUT2D eigenvalue weighted by Crippen LogP contribution is -2.47. The molecule has 3 N–H and O–H groups in total. The monoisotopic (exact) mass is 270 g/mol. The predicted octanol–water partition coefficient (Wildman–Crippen LogP) is 2.22. The molecule has 104 valence electrons.